The standard InChI is InChI=1S/C26H53N2O2S/c1-4-6-7-8-9-10-11-12-13-14-15-16-17-18-19-20-26-31(29,30)27-21-24-28(3,23-5-2)25-22-27/h5H,2,4,6-26H2,1,3H3/q+1. The fourth-order valence-electron chi connectivity index (χ4n) is 4.66. The van der Waals surface area contributed by atoms with E-state index >= 15 is 0 Å². The highest BCUT2D eigenvalue weighted by Crippen LogP contribution is 2.16. The van der Waals surface area contributed by atoms with Crippen LogP contribution in [0.15, 0.2) is 12.7 Å². The van der Waals surface area contributed by atoms with Crippen LogP contribution in [0, 0.1) is 0 Å². The summed E-state index contributed by atoms with van der Waals surface area (Å²) in [5.41, 5.74) is 0. The lowest BCUT2D eigenvalue weighted by Gasteiger charge is -2.40. The van der Waals surface area contributed by atoms with Gasteiger partial charge in [0.05, 0.1) is 45.5 Å². The van der Waals surface area contributed by atoms with Crippen LogP contribution in [0.2, 0.25) is 0 Å². The summed E-state index contributed by atoms with van der Waals surface area (Å²) in [5.74, 6) is 0.330. The molecular weight excluding hydrogens is 404 g/mol. The van der Waals surface area contributed by atoms with Crippen molar-refractivity contribution in [2.75, 3.05) is 45.5 Å². The summed E-state index contributed by atoms with van der Waals surface area (Å²) in [5, 5.41) is 0. The zero-order chi connectivity index (χ0) is 22.8. The Hall–Kier alpha value is -0.390. The third-order valence-corrected chi connectivity index (χ3v) is 8.95. The van der Waals surface area contributed by atoms with E-state index in [0.29, 0.717) is 18.8 Å². The van der Waals surface area contributed by atoms with Crippen LogP contribution in [0.3, 0.4) is 0 Å². The molecule has 0 saturated carbocycles. The molecule has 0 N–H and O–H groups in total. The normalized spacial score (nSPS) is 17.1. The van der Waals surface area contributed by atoms with Gasteiger partial charge >= 0.3 is 0 Å². The van der Waals surface area contributed by atoms with E-state index in [1.807, 2.05) is 6.08 Å². The van der Waals surface area contributed by atoms with Gasteiger partial charge in [0, 0.05) is 0 Å². The molecule has 31 heavy (non-hydrogen) atoms. The molecule has 0 radical (unpaired) electrons. The molecule has 1 aliphatic rings. The third-order valence-electron chi connectivity index (χ3n) is 7.00. The van der Waals surface area contributed by atoms with E-state index in [2.05, 4.69) is 20.6 Å². The monoisotopic (exact) mass is 457 g/mol. The van der Waals surface area contributed by atoms with Gasteiger partial charge in [0.1, 0.15) is 0 Å². The molecule has 0 aliphatic carbocycles. The van der Waals surface area contributed by atoms with Gasteiger partial charge < -0.3 is 4.48 Å². The highest BCUT2D eigenvalue weighted by atomic mass is 32.2. The Morgan fingerprint density at radius 2 is 1.13 bits per heavy atom. The van der Waals surface area contributed by atoms with Gasteiger partial charge in [-0.15, -0.1) is 0 Å². The SMILES string of the molecule is C=CC[N+]1(C)CCN(S(=O)(=O)CCCCCCCCCCCCCCCCCC)CC1. The first kappa shape index (κ1) is 28.6. The van der Waals surface area contributed by atoms with Gasteiger partial charge in [0.15, 0.2) is 0 Å². The van der Waals surface area contributed by atoms with Crippen LogP contribution < -0.4 is 0 Å². The van der Waals surface area contributed by atoms with Gasteiger partial charge in [-0.2, -0.15) is 4.31 Å². The predicted molar refractivity (Wildman–Crippen MR) is 136 cm³/mol. The number of hydrogen-bond acceptors (Lipinski definition) is 2. The molecule has 0 bridgehead atoms. The summed E-state index contributed by atoms with van der Waals surface area (Å²) in [6.07, 6.45) is 23.0. The van der Waals surface area contributed by atoms with E-state index in [4.69, 9.17) is 0 Å². The molecule has 5 heteroatoms. The van der Waals surface area contributed by atoms with Gasteiger partial charge in [0.2, 0.25) is 10.0 Å². The molecule has 4 nitrogen and oxygen atoms in total. The van der Waals surface area contributed by atoms with Crippen LogP contribution in [-0.2, 0) is 10.0 Å². The first-order valence-corrected chi connectivity index (χ1v) is 15.0. The number of sulfonamides is 1. The lowest BCUT2D eigenvalue weighted by Crippen LogP contribution is -2.58. The average Bonchev–Trinajstić information content (AvgIpc) is 2.73. The number of unbranched alkanes of at least 4 members (excludes halogenated alkanes) is 15. The number of rotatable bonds is 20. The van der Waals surface area contributed by atoms with Crippen LogP contribution in [0.4, 0.5) is 0 Å². The molecule has 0 spiro atoms. The molecule has 0 aromatic rings. The molecule has 0 aromatic heterocycles. The Morgan fingerprint density at radius 1 is 0.742 bits per heavy atom. The van der Waals surface area contributed by atoms with E-state index in [1.165, 1.54) is 89.9 Å². The topological polar surface area (TPSA) is 37.4 Å². The maximum absolute atomic E-state index is 12.6. The van der Waals surface area contributed by atoms with Crippen LogP contribution in [-0.4, -0.2) is 62.7 Å². The average molecular weight is 458 g/mol. The Balaban J connectivity index is 1.92. The van der Waals surface area contributed by atoms with Gasteiger partial charge in [-0.1, -0.05) is 110 Å². The number of quaternary nitrogens is 1. The molecular formula is C26H53N2O2S+. The molecule has 1 fully saturated rings. The first-order chi connectivity index (χ1) is 14.9. The number of piperazine rings is 1. The predicted octanol–water partition coefficient (Wildman–Crippen LogP) is 6.53. The Bertz CT molecular complexity index is 540. The first-order valence-electron chi connectivity index (χ1n) is 13.4. The van der Waals surface area contributed by atoms with E-state index in [0.717, 1.165) is 37.0 Å². The van der Waals surface area contributed by atoms with Crippen molar-refractivity contribution in [1.82, 2.24) is 4.31 Å². The minimum absolute atomic E-state index is 0.330. The smallest absolute Gasteiger partial charge is 0.214 e. The Kier molecular flexibility index (Phi) is 15.8. The molecule has 1 heterocycles. The minimum Gasteiger partial charge on any atom is -0.321 e. The van der Waals surface area contributed by atoms with Crippen molar-refractivity contribution in [2.24, 2.45) is 0 Å². The van der Waals surface area contributed by atoms with Crippen molar-refractivity contribution in [2.45, 2.75) is 110 Å². The van der Waals surface area contributed by atoms with Gasteiger partial charge in [-0.3, -0.25) is 0 Å². The maximum Gasteiger partial charge on any atom is 0.214 e. The second-order valence-electron chi connectivity index (χ2n) is 10.1. The fourth-order valence-corrected chi connectivity index (χ4v) is 6.21. The highest BCUT2D eigenvalue weighted by Gasteiger charge is 2.33. The Labute approximate surface area is 195 Å². The summed E-state index contributed by atoms with van der Waals surface area (Å²) in [6.45, 7) is 10.1. The Morgan fingerprint density at radius 3 is 1.52 bits per heavy atom. The zero-order valence-electron chi connectivity index (χ0n) is 21.0. The number of nitrogens with zero attached hydrogens (tertiary/aromatic N) is 2. The quantitative estimate of drug-likeness (QED) is 0.118. The second kappa shape index (κ2) is 17.1. The lowest BCUT2D eigenvalue weighted by atomic mass is 10.0. The largest absolute Gasteiger partial charge is 0.321 e. The fraction of sp³-hybridized carbons (Fsp3) is 0.923. The van der Waals surface area contributed by atoms with Gasteiger partial charge in [0.25, 0.3) is 0 Å². The zero-order valence-corrected chi connectivity index (χ0v) is 21.8. The van der Waals surface area contributed by atoms with Crippen LogP contribution >= 0.6 is 0 Å². The summed E-state index contributed by atoms with van der Waals surface area (Å²) in [4.78, 5) is 0. The number of likely N-dealkylation sites (N-methyl/N-ethyl adjacent to an activating group) is 1. The molecule has 1 aliphatic heterocycles. The summed E-state index contributed by atoms with van der Waals surface area (Å²) < 4.78 is 27.8. The number of hydrogen-bond donors (Lipinski definition) is 0. The van der Waals surface area contributed by atoms with Crippen molar-refractivity contribution in [3.05, 3.63) is 12.7 Å². The molecule has 1 rings (SSSR count). The van der Waals surface area contributed by atoms with E-state index in [1.54, 1.807) is 4.31 Å². The molecule has 1 saturated heterocycles. The third kappa shape index (κ3) is 13.7. The molecule has 184 valence electrons. The van der Waals surface area contributed by atoms with Crippen molar-refractivity contribution >= 4 is 10.0 Å². The van der Waals surface area contributed by atoms with E-state index in [-0.39, 0.29) is 0 Å². The molecule has 0 unspecified atom stereocenters. The van der Waals surface area contributed by atoms with Crippen LogP contribution in [0.5, 0.6) is 0 Å². The van der Waals surface area contributed by atoms with Gasteiger partial charge in [-0.25, -0.2) is 8.42 Å². The van der Waals surface area contributed by atoms with Crippen molar-refractivity contribution in [3.8, 4) is 0 Å². The van der Waals surface area contributed by atoms with Crippen LogP contribution in [0.25, 0.3) is 0 Å². The lowest BCUT2D eigenvalue weighted by molar-refractivity contribution is -0.907. The summed E-state index contributed by atoms with van der Waals surface area (Å²) in [6, 6.07) is 0. The highest BCUT2D eigenvalue weighted by molar-refractivity contribution is 7.89. The van der Waals surface area contributed by atoms with Crippen molar-refractivity contribution < 1.29 is 12.9 Å². The molecule has 0 atom stereocenters. The summed E-state index contributed by atoms with van der Waals surface area (Å²) >= 11 is 0. The molecule has 0 amide bonds. The van der Waals surface area contributed by atoms with Crippen LogP contribution in [0.1, 0.15) is 110 Å². The van der Waals surface area contributed by atoms with E-state index in [9.17, 15) is 8.42 Å². The van der Waals surface area contributed by atoms with Crippen molar-refractivity contribution in [3.63, 3.8) is 0 Å². The minimum atomic E-state index is -3.07. The summed E-state index contributed by atoms with van der Waals surface area (Å²) in [7, 11) is -0.875. The molecule has 0 aromatic carbocycles. The second-order valence-corrected chi connectivity index (χ2v) is 12.1. The maximum atomic E-state index is 12.6. The van der Waals surface area contributed by atoms with E-state index < -0.39 is 10.0 Å². The van der Waals surface area contributed by atoms with Crippen molar-refractivity contribution in [1.29, 1.82) is 0 Å². The van der Waals surface area contributed by atoms with Gasteiger partial charge in [-0.05, 0) is 12.5 Å².